The highest BCUT2D eigenvalue weighted by Crippen LogP contribution is 2.19. The number of ketones is 1. The molecule has 1 amide bonds. The van der Waals surface area contributed by atoms with E-state index in [4.69, 9.17) is 5.11 Å². The first-order valence-corrected chi connectivity index (χ1v) is 16.8. The normalized spacial score (nSPS) is 15.3. The van der Waals surface area contributed by atoms with Crippen LogP contribution in [0.4, 0.5) is 0 Å². The second kappa shape index (κ2) is 26.6. The van der Waals surface area contributed by atoms with E-state index in [0.717, 1.165) is 38.5 Å². The summed E-state index contributed by atoms with van der Waals surface area (Å²) < 4.78 is 0. The van der Waals surface area contributed by atoms with Crippen molar-refractivity contribution >= 4 is 11.7 Å². The van der Waals surface area contributed by atoms with Crippen molar-refractivity contribution < 1.29 is 35.1 Å². The van der Waals surface area contributed by atoms with E-state index in [1.807, 2.05) is 0 Å². The number of unbranched alkanes of at least 4 members (excludes halogenated alkanes) is 18. The number of amides is 1. The highest BCUT2D eigenvalue weighted by atomic mass is 16.4. The van der Waals surface area contributed by atoms with Crippen molar-refractivity contribution in [3.63, 3.8) is 0 Å². The minimum absolute atomic E-state index is 0.152. The molecule has 0 spiro atoms. The molecule has 0 aliphatic heterocycles. The van der Waals surface area contributed by atoms with E-state index < -0.39 is 37.1 Å². The van der Waals surface area contributed by atoms with E-state index >= 15 is 0 Å². The Kier molecular flexibility index (Phi) is 25.9. The van der Waals surface area contributed by atoms with Crippen molar-refractivity contribution in [2.75, 3.05) is 13.7 Å². The second-order valence-corrected chi connectivity index (χ2v) is 12.0. The molecule has 0 fully saturated rings. The standard InChI is InChI=1S/C33H65NO7/c1-4-6-8-10-12-14-15-17-19-21-23-25-29(38)34(3)30(32(40)33(41)31(39)28(37)26-35)27(36)24-22-20-18-16-13-11-9-7-5-2/h28,30-33,35,37,39-41H,4-26H2,1-3H3/t28-,30?,31-,32+,33+/m1/s1. The summed E-state index contributed by atoms with van der Waals surface area (Å²) in [5.41, 5.74) is 0. The first-order chi connectivity index (χ1) is 19.7. The maximum atomic E-state index is 13.2. The third kappa shape index (κ3) is 19.0. The number of Topliss-reactive ketones (excluding diaryl/α,β-unsaturated/α-hetero) is 1. The molecule has 8 nitrogen and oxygen atoms in total. The molecule has 41 heavy (non-hydrogen) atoms. The first kappa shape index (κ1) is 39.9. The van der Waals surface area contributed by atoms with Gasteiger partial charge >= 0.3 is 0 Å². The summed E-state index contributed by atoms with van der Waals surface area (Å²) in [5.74, 6) is -0.672. The average molecular weight is 588 g/mol. The van der Waals surface area contributed by atoms with Gasteiger partial charge in [-0.05, 0) is 12.8 Å². The predicted octanol–water partition coefficient (Wildman–Crippen LogP) is 5.44. The van der Waals surface area contributed by atoms with Crippen molar-refractivity contribution in [1.82, 2.24) is 4.90 Å². The molecule has 0 bridgehead atoms. The molecule has 8 heteroatoms. The Morgan fingerprint density at radius 3 is 1.29 bits per heavy atom. The molecule has 1 unspecified atom stereocenters. The number of aliphatic hydroxyl groups is 5. The molecular weight excluding hydrogens is 522 g/mol. The third-order valence-corrected chi connectivity index (χ3v) is 8.27. The van der Waals surface area contributed by atoms with E-state index in [0.29, 0.717) is 12.8 Å². The topological polar surface area (TPSA) is 139 Å². The van der Waals surface area contributed by atoms with E-state index in [1.54, 1.807) is 0 Å². The van der Waals surface area contributed by atoms with Gasteiger partial charge in [0.05, 0.1) is 6.61 Å². The van der Waals surface area contributed by atoms with Gasteiger partial charge in [0.1, 0.15) is 30.5 Å². The van der Waals surface area contributed by atoms with Crippen molar-refractivity contribution in [2.45, 2.75) is 186 Å². The van der Waals surface area contributed by atoms with E-state index in [2.05, 4.69) is 13.8 Å². The Morgan fingerprint density at radius 1 is 0.537 bits per heavy atom. The van der Waals surface area contributed by atoms with Crippen LogP contribution in [0.5, 0.6) is 0 Å². The molecule has 0 aromatic carbocycles. The summed E-state index contributed by atoms with van der Waals surface area (Å²) in [4.78, 5) is 27.4. The summed E-state index contributed by atoms with van der Waals surface area (Å²) in [5, 5.41) is 50.4. The van der Waals surface area contributed by atoms with Gasteiger partial charge in [-0.2, -0.15) is 0 Å². The highest BCUT2D eigenvalue weighted by Gasteiger charge is 2.40. The molecule has 0 heterocycles. The van der Waals surface area contributed by atoms with Crippen LogP contribution in [0.15, 0.2) is 0 Å². The lowest BCUT2D eigenvalue weighted by Gasteiger charge is -2.35. The molecule has 0 saturated carbocycles. The zero-order valence-electron chi connectivity index (χ0n) is 26.6. The molecule has 0 aliphatic rings. The van der Waals surface area contributed by atoms with Gasteiger partial charge in [0.15, 0.2) is 5.78 Å². The monoisotopic (exact) mass is 587 g/mol. The summed E-state index contributed by atoms with van der Waals surface area (Å²) in [6.45, 7) is 3.61. The Labute approximate surface area is 250 Å². The van der Waals surface area contributed by atoms with Crippen LogP contribution in [0.25, 0.3) is 0 Å². The van der Waals surface area contributed by atoms with Crippen LogP contribution in [-0.4, -0.2) is 86.2 Å². The number of nitrogens with zero attached hydrogens (tertiary/aromatic N) is 1. The van der Waals surface area contributed by atoms with Crippen LogP contribution in [0.3, 0.4) is 0 Å². The fourth-order valence-corrected chi connectivity index (χ4v) is 5.39. The zero-order valence-corrected chi connectivity index (χ0v) is 26.6. The van der Waals surface area contributed by atoms with Gasteiger partial charge in [-0.1, -0.05) is 129 Å². The number of likely N-dealkylation sites (N-methyl/N-ethyl adjacent to an activating group) is 1. The smallest absolute Gasteiger partial charge is 0.223 e. The second-order valence-electron chi connectivity index (χ2n) is 12.0. The Balaban J connectivity index is 4.77. The number of hydrogen-bond donors (Lipinski definition) is 5. The van der Waals surface area contributed by atoms with Crippen LogP contribution >= 0.6 is 0 Å². The number of carbonyl (C=O) groups excluding carboxylic acids is 2. The minimum atomic E-state index is -1.90. The molecule has 5 atom stereocenters. The van der Waals surface area contributed by atoms with Gasteiger partial charge in [-0.15, -0.1) is 0 Å². The fraction of sp³-hybridized carbons (Fsp3) is 0.939. The van der Waals surface area contributed by atoms with Crippen LogP contribution in [-0.2, 0) is 9.59 Å². The highest BCUT2D eigenvalue weighted by molar-refractivity contribution is 5.89. The Morgan fingerprint density at radius 2 is 0.902 bits per heavy atom. The van der Waals surface area contributed by atoms with E-state index in [9.17, 15) is 30.0 Å². The van der Waals surface area contributed by atoms with Gasteiger partial charge in [-0.3, -0.25) is 9.59 Å². The first-order valence-electron chi connectivity index (χ1n) is 16.8. The molecule has 0 aliphatic carbocycles. The van der Waals surface area contributed by atoms with Crippen LogP contribution in [0.1, 0.15) is 155 Å². The number of rotatable bonds is 29. The predicted molar refractivity (Wildman–Crippen MR) is 166 cm³/mol. The maximum absolute atomic E-state index is 13.2. The molecule has 5 N–H and O–H groups in total. The lowest BCUT2D eigenvalue weighted by Crippen LogP contribution is -2.58. The maximum Gasteiger partial charge on any atom is 0.223 e. The molecular formula is C33H65NO7. The summed E-state index contributed by atoms with van der Waals surface area (Å²) in [7, 11) is 1.45. The van der Waals surface area contributed by atoms with E-state index in [-0.39, 0.29) is 24.5 Å². The largest absolute Gasteiger partial charge is 0.394 e. The van der Waals surface area contributed by atoms with Crippen molar-refractivity contribution in [2.24, 2.45) is 0 Å². The molecule has 244 valence electrons. The van der Waals surface area contributed by atoms with Crippen molar-refractivity contribution in [3.8, 4) is 0 Å². The van der Waals surface area contributed by atoms with Gasteiger partial charge in [-0.25, -0.2) is 0 Å². The fourth-order valence-electron chi connectivity index (χ4n) is 5.39. The van der Waals surface area contributed by atoms with Gasteiger partial charge in [0.2, 0.25) is 5.91 Å². The third-order valence-electron chi connectivity index (χ3n) is 8.27. The van der Waals surface area contributed by atoms with Crippen LogP contribution < -0.4 is 0 Å². The molecule has 0 radical (unpaired) electrons. The molecule has 0 rings (SSSR count). The Hall–Kier alpha value is -1.06. The van der Waals surface area contributed by atoms with Gasteiger partial charge < -0.3 is 30.4 Å². The molecule has 0 aromatic rings. The van der Waals surface area contributed by atoms with Crippen LogP contribution in [0.2, 0.25) is 0 Å². The SMILES string of the molecule is CCCCCCCCCCCCCC(=O)N(C)C(C(=O)CCCCCCCCCCC)[C@H](O)[C@@H](O)[C@H](O)[C@H](O)CO. The summed E-state index contributed by atoms with van der Waals surface area (Å²) in [6.07, 6.45) is 15.7. The number of hydrogen-bond acceptors (Lipinski definition) is 7. The molecule has 0 aromatic heterocycles. The Bertz CT molecular complexity index is 633. The number of aliphatic hydroxyl groups excluding tert-OH is 5. The quantitative estimate of drug-likeness (QED) is 0.0735. The van der Waals surface area contributed by atoms with Crippen LogP contribution in [0, 0.1) is 0 Å². The lowest BCUT2D eigenvalue weighted by molar-refractivity contribution is -0.155. The number of carbonyl (C=O) groups is 2. The summed E-state index contributed by atoms with van der Waals surface area (Å²) in [6, 6.07) is -1.33. The minimum Gasteiger partial charge on any atom is -0.394 e. The molecule has 0 saturated heterocycles. The van der Waals surface area contributed by atoms with Crippen molar-refractivity contribution in [1.29, 1.82) is 0 Å². The van der Waals surface area contributed by atoms with Gasteiger partial charge in [0.25, 0.3) is 0 Å². The van der Waals surface area contributed by atoms with Gasteiger partial charge in [0, 0.05) is 19.9 Å². The van der Waals surface area contributed by atoms with Crippen molar-refractivity contribution in [3.05, 3.63) is 0 Å². The lowest BCUT2D eigenvalue weighted by atomic mass is 9.92. The van der Waals surface area contributed by atoms with E-state index in [1.165, 1.54) is 89.0 Å². The summed E-state index contributed by atoms with van der Waals surface area (Å²) >= 11 is 0. The average Bonchev–Trinajstić information content (AvgIpc) is 2.97. The zero-order chi connectivity index (χ0) is 30.9.